The SMILES string of the molecule is O=C(O)COCC1CCCC(COC(=O)N(c2ccc(F)cc2)c2ccc(Cl)cc2)C1. The summed E-state index contributed by atoms with van der Waals surface area (Å²) in [5, 5.41) is 9.23. The number of carbonyl (C=O) groups is 2. The van der Waals surface area contributed by atoms with Crippen molar-refractivity contribution >= 4 is 35.0 Å². The second kappa shape index (κ2) is 11.1. The Morgan fingerprint density at radius 2 is 1.58 bits per heavy atom. The number of carbonyl (C=O) groups excluding carboxylic acids is 1. The maximum Gasteiger partial charge on any atom is 0.418 e. The van der Waals surface area contributed by atoms with E-state index in [1.165, 1.54) is 29.2 Å². The molecule has 0 radical (unpaired) electrons. The zero-order chi connectivity index (χ0) is 22.2. The van der Waals surface area contributed by atoms with Crippen molar-refractivity contribution in [1.29, 1.82) is 0 Å². The van der Waals surface area contributed by atoms with Crippen molar-refractivity contribution in [2.45, 2.75) is 25.7 Å². The molecule has 2 atom stereocenters. The lowest BCUT2D eigenvalue weighted by Crippen LogP contribution is -2.30. The van der Waals surface area contributed by atoms with Crippen molar-refractivity contribution in [2.75, 3.05) is 24.7 Å². The Morgan fingerprint density at radius 1 is 1.00 bits per heavy atom. The predicted octanol–water partition coefficient (Wildman–Crippen LogP) is 5.66. The van der Waals surface area contributed by atoms with Crippen molar-refractivity contribution in [3.63, 3.8) is 0 Å². The standard InChI is InChI=1S/C23H25ClFNO5/c24-18-4-8-20(9-5-18)26(21-10-6-19(25)7-11-21)23(29)31-14-17-3-1-2-16(12-17)13-30-15-22(27)28/h4-11,16-17H,1-3,12-15H2,(H,27,28). The Hall–Kier alpha value is -2.64. The monoisotopic (exact) mass is 449 g/mol. The molecule has 6 nitrogen and oxygen atoms in total. The van der Waals surface area contributed by atoms with E-state index in [0.29, 0.717) is 23.0 Å². The summed E-state index contributed by atoms with van der Waals surface area (Å²) in [5.41, 5.74) is 1.04. The lowest BCUT2D eigenvalue weighted by Gasteiger charge is -2.29. The van der Waals surface area contributed by atoms with Gasteiger partial charge in [-0.15, -0.1) is 0 Å². The summed E-state index contributed by atoms with van der Waals surface area (Å²) >= 11 is 5.97. The van der Waals surface area contributed by atoms with Crippen LogP contribution in [0.2, 0.25) is 5.02 Å². The van der Waals surface area contributed by atoms with Crippen LogP contribution in [0.4, 0.5) is 20.6 Å². The molecule has 2 unspecified atom stereocenters. The van der Waals surface area contributed by atoms with E-state index in [-0.39, 0.29) is 25.0 Å². The van der Waals surface area contributed by atoms with Gasteiger partial charge in [-0.2, -0.15) is 0 Å². The van der Waals surface area contributed by atoms with Crippen LogP contribution in [-0.4, -0.2) is 37.0 Å². The molecule has 1 aliphatic rings. The molecule has 2 aromatic rings. The normalized spacial score (nSPS) is 18.4. The molecule has 0 saturated heterocycles. The maximum atomic E-state index is 13.4. The Labute approximate surface area is 185 Å². The molecule has 0 bridgehead atoms. The third-order valence-corrected chi connectivity index (χ3v) is 5.52. The van der Waals surface area contributed by atoms with Gasteiger partial charge in [-0.3, -0.25) is 0 Å². The van der Waals surface area contributed by atoms with E-state index in [0.717, 1.165) is 25.7 Å². The van der Waals surface area contributed by atoms with Crippen molar-refractivity contribution in [3.8, 4) is 0 Å². The molecular weight excluding hydrogens is 425 g/mol. The fourth-order valence-corrected chi connectivity index (χ4v) is 3.94. The number of ether oxygens (including phenoxy) is 2. The molecule has 0 heterocycles. The van der Waals surface area contributed by atoms with Gasteiger partial charge in [-0.1, -0.05) is 18.0 Å². The number of hydrogen-bond acceptors (Lipinski definition) is 4. The lowest BCUT2D eigenvalue weighted by atomic mass is 9.82. The number of aliphatic carboxylic acids is 1. The van der Waals surface area contributed by atoms with Crippen LogP contribution in [0.3, 0.4) is 0 Å². The topological polar surface area (TPSA) is 76.1 Å². The van der Waals surface area contributed by atoms with Crippen molar-refractivity contribution < 1.29 is 28.6 Å². The number of amides is 1. The summed E-state index contributed by atoms with van der Waals surface area (Å²) < 4.78 is 24.2. The van der Waals surface area contributed by atoms with E-state index in [9.17, 15) is 14.0 Å². The molecule has 3 rings (SSSR count). The maximum absolute atomic E-state index is 13.4. The van der Waals surface area contributed by atoms with Gasteiger partial charge in [0, 0.05) is 5.02 Å². The fourth-order valence-electron chi connectivity index (χ4n) is 3.81. The highest BCUT2D eigenvalue weighted by Crippen LogP contribution is 2.31. The molecule has 1 fully saturated rings. The van der Waals surface area contributed by atoms with Gasteiger partial charge < -0.3 is 14.6 Å². The highest BCUT2D eigenvalue weighted by atomic mass is 35.5. The molecule has 0 aliphatic heterocycles. The Bertz CT molecular complexity index is 829. The Morgan fingerprint density at radius 3 is 2.19 bits per heavy atom. The quantitative estimate of drug-likeness (QED) is 0.562. The minimum atomic E-state index is -0.982. The zero-order valence-electron chi connectivity index (χ0n) is 17.0. The largest absolute Gasteiger partial charge is 0.480 e. The molecular formula is C23H25ClFNO5. The number of hydrogen-bond donors (Lipinski definition) is 1. The average Bonchev–Trinajstić information content (AvgIpc) is 2.75. The van der Waals surface area contributed by atoms with Gasteiger partial charge in [-0.25, -0.2) is 18.9 Å². The summed E-state index contributed by atoms with van der Waals surface area (Å²) in [6, 6.07) is 12.3. The van der Waals surface area contributed by atoms with Crippen molar-refractivity contribution in [1.82, 2.24) is 0 Å². The van der Waals surface area contributed by atoms with Gasteiger partial charge in [-0.05, 0) is 79.6 Å². The summed E-state index contributed by atoms with van der Waals surface area (Å²) in [5.74, 6) is -0.950. The fraction of sp³-hybridized carbons (Fsp3) is 0.391. The first-order chi connectivity index (χ1) is 14.9. The van der Waals surface area contributed by atoms with E-state index < -0.39 is 17.9 Å². The number of nitrogens with zero attached hydrogens (tertiary/aromatic N) is 1. The molecule has 2 aromatic carbocycles. The van der Waals surface area contributed by atoms with E-state index >= 15 is 0 Å². The van der Waals surface area contributed by atoms with E-state index in [4.69, 9.17) is 26.2 Å². The van der Waals surface area contributed by atoms with Crippen molar-refractivity contribution in [3.05, 3.63) is 59.4 Å². The molecule has 166 valence electrons. The van der Waals surface area contributed by atoms with Crippen LogP contribution in [0, 0.1) is 17.7 Å². The van der Waals surface area contributed by atoms with E-state index in [1.54, 1.807) is 24.3 Å². The van der Waals surface area contributed by atoms with E-state index in [2.05, 4.69) is 0 Å². The third kappa shape index (κ3) is 6.94. The first kappa shape index (κ1) is 23.0. The average molecular weight is 450 g/mol. The van der Waals surface area contributed by atoms with Gasteiger partial charge in [0.1, 0.15) is 12.4 Å². The van der Waals surface area contributed by atoms with Crippen LogP contribution < -0.4 is 4.90 Å². The first-order valence-electron chi connectivity index (χ1n) is 10.2. The number of halogens is 2. The smallest absolute Gasteiger partial charge is 0.418 e. The van der Waals surface area contributed by atoms with E-state index in [1.807, 2.05) is 0 Å². The van der Waals surface area contributed by atoms with Crippen LogP contribution in [0.1, 0.15) is 25.7 Å². The number of anilines is 2. The summed E-state index contributed by atoms with van der Waals surface area (Å²) in [7, 11) is 0. The number of benzene rings is 2. The summed E-state index contributed by atoms with van der Waals surface area (Å²) in [4.78, 5) is 25.0. The summed E-state index contributed by atoms with van der Waals surface area (Å²) in [6.45, 7) is 0.340. The highest BCUT2D eigenvalue weighted by Gasteiger charge is 2.26. The van der Waals surface area contributed by atoms with Crippen molar-refractivity contribution in [2.24, 2.45) is 11.8 Å². The molecule has 1 amide bonds. The molecule has 0 spiro atoms. The molecule has 0 aromatic heterocycles. The minimum absolute atomic E-state index is 0.177. The van der Waals surface area contributed by atoms with Crippen LogP contribution in [0.15, 0.2) is 48.5 Å². The third-order valence-electron chi connectivity index (χ3n) is 5.27. The molecule has 31 heavy (non-hydrogen) atoms. The highest BCUT2D eigenvalue weighted by molar-refractivity contribution is 6.30. The van der Waals surface area contributed by atoms with Crippen LogP contribution in [0.5, 0.6) is 0 Å². The van der Waals surface area contributed by atoms with Gasteiger partial charge in [0.2, 0.25) is 0 Å². The van der Waals surface area contributed by atoms with Crippen LogP contribution >= 0.6 is 11.6 Å². The minimum Gasteiger partial charge on any atom is -0.480 e. The Kier molecular flexibility index (Phi) is 8.26. The van der Waals surface area contributed by atoms with Gasteiger partial charge in [0.25, 0.3) is 0 Å². The molecule has 1 N–H and O–H groups in total. The zero-order valence-corrected chi connectivity index (χ0v) is 17.8. The molecule has 1 saturated carbocycles. The first-order valence-corrected chi connectivity index (χ1v) is 10.6. The second-order valence-corrected chi connectivity index (χ2v) is 8.11. The summed E-state index contributed by atoms with van der Waals surface area (Å²) in [6.07, 6.45) is 3.13. The van der Waals surface area contributed by atoms with Gasteiger partial charge in [0.05, 0.1) is 24.6 Å². The molecule has 1 aliphatic carbocycles. The Balaban J connectivity index is 1.63. The second-order valence-electron chi connectivity index (χ2n) is 7.67. The van der Waals surface area contributed by atoms with Gasteiger partial charge >= 0.3 is 12.1 Å². The molecule has 8 heteroatoms. The lowest BCUT2D eigenvalue weighted by molar-refractivity contribution is -0.142. The number of rotatable bonds is 8. The number of carboxylic acids is 1. The van der Waals surface area contributed by atoms with Crippen LogP contribution in [-0.2, 0) is 14.3 Å². The predicted molar refractivity (Wildman–Crippen MR) is 115 cm³/mol. The van der Waals surface area contributed by atoms with Crippen LogP contribution in [0.25, 0.3) is 0 Å². The van der Waals surface area contributed by atoms with Gasteiger partial charge in [0.15, 0.2) is 0 Å². The number of carboxylic acid groups (broad SMARTS) is 1.